The monoisotopic (exact) mass is 483 g/mol. The Morgan fingerprint density at radius 3 is 2.29 bits per heavy atom. The van der Waals surface area contributed by atoms with Crippen LogP contribution in [0.15, 0.2) is 59.3 Å². The van der Waals surface area contributed by atoms with E-state index < -0.39 is 0 Å². The standard InChI is InChI=1S/C26H33N3O6/c1-27-10-5-8-21(27)17-29(18-22-9-6-13-35-22)25(30)19-28(11-7-12-32-2)26(31)20-14-23(33-3)16-24(15-20)34-4/h5-6,8-10,13-16H,7,11-12,17-19H2,1-4H3. The van der Waals surface area contributed by atoms with Crippen LogP contribution < -0.4 is 9.47 Å². The lowest BCUT2D eigenvalue weighted by Crippen LogP contribution is -2.43. The molecule has 0 aliphatic heterocycles. The maximum atomic E-state index is 13.5. The van der Waals surface area contributed by atoms with Gasteiger partial charge in [0.1, 0.15) is 23.8 Å². The Kier molecular flexibility index (Phi) is 9.37. The molecule has 0 saturated carbocycles. The predicted octanol–water partition coefficient (Wildman–Crippen LogP) is 3.34. The minimum Gasteiger partial charge on any atom is -0.497 e. The molecule has 0 radical (unpaired) electrons. The number of methoxy groups -OCH3 is 3. The number of hydrogen-bond acceptors (Lipinski definition) is 6. The van der Waals surface area contributed by atoms with E-state index in [0.29, 0.717) is 55.5 Å². The van der Waals surface area contributed by atoms with Gasteiger partial charge in [-0.2, -0.15) is 0 Å². The summed E-state index contributed by atoms with van der Waals surface area (Å²) >= 11 is 0. The van der Waals surface area contributed by atoms with Crippen LogP contribution in [-0.4, -0.2) is 67.2 Å². The molecule has 0 saturated heterocycles. The van der Waals surface area contributed by atoms with Crippen LogP contribution in [-0.2, 0) is 29.7 Å². The minimum absolute atomic E-state index is 0.0901. The van der Waals surface area contributed by atoms with Crippen LogP contribution in [0.4, 0.5) is 0 Å². The van der Waals surface area contributed by atoms with Gasteiger partial charge in [-0.05, 0) is 42.8 Å². The number of rotatable bonds is 13. The fourth-order valence-corrected chi connectivity index (χ4v) is 3.71. The lowest BCUT2D eigenvalue weighted by atomic mass is 10.1. The highest BCUT2D eigenvalue weighted by molar-refractivity contribution is 5.97. The van der Waals surface area contributed by atoms with Crippen LogP contribution in [0.5, 0.6) is 11.5 Å². The van der Waals surface area contributed by atoms with E-state index >= 15 is 0 Å². The van der Waals surface area contributed by atoms with Crippen molar-refractivity contribution in [2.24, 2.45) is 7.05 Å². The molecule has 9 nitrogen and oxygen atoms in total. The fourth-order valence-electron chi connectivity index (χ4n) is 3.71. The number of carbonyl (C=O) groups is 2. The van der Waals surface area contributed by atoms with Crippen molar-refractivity contribution in [1.82, 2.24) is 14.4 Å². The number of carbonyl (C=O) groups excluding carboxylic acids is 2. The van der Waals surface area contributed by atoms with E-state index in [1.165, 1.54) is 19.1 Å². The maximum absolute atomic E-state index is 13.5. The molecule has 35 heavy (non-hydrogen) atoms. The van der Waals surface area contributed by atoms with Crippen molar-refractivity contribution in [3.63, 3.8) is 0 Å². The fraction of sp³-hybridized carbons (Fsp3) is 0.385. The molecule has 0 fully saturated rings. The first kappa shape index (κ1) is 25.9. The van der Waals surface area contributed by atoms with Gasteiger partial charge in [-0.3, -0.25) is 9.59 Å². The van der Waals surface area contributed by atoms with Gasteiger partial charge in [-0.25, -0.2) is 0 Å². The first-order valence-corrected chi connectivity index (χ1v) is 11.4. The molecule has 0 atom stereocenters. The zero-order valence-corrected chi connectivity index (χ0v) is 20.7. The smallest absolute Gasteiger partial charge is 0.254 e. The normalized spacial score (nSPS) is 10.7. The summed E-state index contributed by atoms with van der Waals surface area (Å²) in [6.07, 6.45) is 4.10. The van der Waals surface area contributed by atoms with Gasteiger partial charge in [0.25, 0.3) is 5.91 Å². The molecule has 2 aromatic heterocycles. The first-order valence-electron chi connectivity index (χ1n) is 11.4. The minimum atomic E-state index is -0.288. The van der Waals surface area contributed by atoms with Crippen molar-refractivity contribution >= 4 is 11.8 Å². The highest BCUT2D eigenvalue weighted by atomic mass is 16.5. The molecule has 188 valence electrons. The van der Waals surface area contributed by atoms with E-state index in [2.05, 4.69) is 0 Å². The zero-order valence-electron chi connectivity index (χ0n) is 20.7. The number of nitrogens with zero attached hydrogens (tertiary/aromatic N) is 3. The van der Waals surface area contributed by atoms with Crippen molar-refractivity contribution in [3.8, 4) is 11.5 Å². The maximum Gasteiger partial charge on any atom is 0.254 e. The first-order chi connectivity index (χ1) is 16.9. The Bertz CT molecular complexity index is 1070. The average molecular weight is 484 g/mol. The number of hydrogen-bond donors (Lipinski definition) is 0. The molecule has 0 spiro atoms. The van der Waals surface area contributed by atoms with Crippen LogP contribution in [0.1, 0.15) is 28.2 Å². The molecule has 3 aromatic rings. The van der Waals surface area contributed by atoms with Gasteiger partial charge in [-0.15, -0.1) is 0 Å². The zero-order chi connectivity index (χ0) is 25.2. The molecule has 9 heteroatoms. The highest BCUT2D eigenvalue weighted by Gasteiger charge is 2.24. The Labute approximate surface area is 205 Å². The van der Waals surface area contributed by atoms with E-state index in [1.54, 1.807) is 42.5 Å². The molecule has 0 N–H and O–H groups in total. The topological polar surface area (TPSA) is 86.4 Å². The van der Waals surface area contributed by atoms with Crippen LogP contribution in [0, 0.1) is 0 Å². The second-order valence-corrected chi connectivity index (χ2v) is 8.11. The van der Waals surface area contributed by atoms with Crippen molar-refractivity contribution < 1.29 is 28.2 Å². The largest absolute Gasteiger partial charge is 0.497 e. The summed E-state index contributed by atoms with van der Waals surface area (Å²) in [5.41, 5.74) is 1.35. The summed E-state index contributed by atoms with van der Waals surface area (Å²) < 4.78 is 23.3. The lowest BCUT2D eigenvalue weighted by molar-refractivity contribution is -0.133. The average Bonchev–Trinajstić information content (AvgIpc) is 3.53. The van der Waals surface area contributed by atoms with Gasteiger partial charge in [0.2, 0.25) is 5.91 Å². The van der Waals surface area contributed by atoms with E-state index in [-0.39, 0.29) is 18.4 Å². The van der Waals surface area contributed by atoms with E-state index in [9.17, 15) is 9.59 Å². The Balaban J connectivity index is 1.84. The molecule has 0 bridgehead atoms. The van der Waals surface area contributed by atoms with E-state index in [4.69, 9.17) is 18.6 Å². The van der Waals surface area contributed by atoms with Crippen molar-refractivity contribution in [2.45, 2.75) is 19.5 Å². The second kappa shape index (κ2) is 12.7. The lowest BCUT2D eigenvalue weighted by Gasteiger charge is -2.28. The summed E-state index contributed by atoms with van der Waals surface area (Å²) in [6.45, 7) is 1.42. The van der Waals surface area contributed by atoms with Gasteiger partial charge < -0.3 is 33.0 Å². The van der Waals surface area contributed by atoms with Gasteiger partial charge in [-0.1, -0.05) is 0 Å². The molecule has 1 aromatic carbocycles. The molecule has 2 amide bonds. The summed E-state index contributed by atoms with van der Waals surface area (Å²) in [4.78, 5) is 30.3. The molecular formula is C26H33N3O6. The molecular weight excluding hydrogens is 450 g/mol. The van der Waals surface area contributed by atoms with Crippen molar-refractivity contribution in [2.75, 3.05) is 41.0 Å². The van der Waals surface area contributed by atoms with Gasteiger partial charge >= 0.3 is 0 Å². The van der Waals surface area contributed by atoms with Crippen molar-refractivity contribution in [1.29, 1.82) is 0 Å². The number of aryl methyl sites for hydroxylation is 1. The third-order valence-corrected chi connectivity index (χ3v) is 5.67. The summed E-state index contributed by atoms with van der Waals surface area (Å²) in [6, 6.07) is 12.5. The third-order valence-electron chi connectivity index (χ3n) is 5.67. The third kappa shape index (κ3) is 7.13. The molecule has 3 rings (SSSR count). The number of aromatic nitrogens is 1. The summed E-state index contributed by atoms with van der Waals surface area (Å²) in [5.74, 6) is 1.19. The van der Waals surface area contributed by atoms with Crippen LogP contribution in [0.3, 0.4) is 0 Å². The second-order valence-electron chi connectivity index (χ2n) is 8.11. The van der Waals surface area contributed by atoms with E-state index in [1.807, 2.05) is 36.0 Å². The van der Waals surface area contributed by atoms with Gasteiger partial charge in [0.05, 0.1) is 33.6 Å². The van der Waals surface area contributed by atoms with Gasteiger partial charge in [0.15, 0.2) is 0 Å². The summed E-state index contributed by atoms with van der Waals surface area (Å²) in [7, 11) is 6.59. The number of furan rings is 1. The SMILES string of the molecule is COCCCN(CC(=O)N(Cc1ccco1)Cc1cccn1C)C(=O)c1cc(OC)cc(OC)c1. The van der Waals surface area contributed by atoms with Crippen LogP contribution >= 0.6 is 0 Å². The predicted molar refractivity (Wildman–Crippen MR) is 130 cm³/mol. The number of benzene rings is 1. The molecule has 0 unspecified atom stereocenters. The molecule has 2 heterocycles. The Morgan fingerprint density at radius 1 is 0.971 bits per heavy atom. The quantitative estimate of drug-likeness (QED) is 0.347. The van der Waals surface area contributed by atoms with Crippen LogP contribution in [0.25, 0.3) is 0 Å². The van der Waals surface area contributed by atoms with E-state index in [0.717, 1.165) is 5.69 Å². The van der Waals surface area contributed by atoms with Crippen LogP contribution in [0.2, 0.25) is 0 Å². The molecule has 0 aliphatic carbocycles. The summed E-state index contributed by atoms with van der Waals surface area (Å²) in [5, 5.41) is 0. The molecule has 0 aliphatic rings. The Morgan fingerprint density at radius 2 is 1.71 bits per heavy atom. The van der Waals surface area contributed by atoms with Gasteiger partial charge in [0, 0.05) is 50.8 Å². The number of amides is 2. The highest BCUT2D eigenvalue weighted by Crippen LogP contribution is 2.24. The number of ether oxygens (including phenoxy) is 3. The van der Waals surface area contributed by atoms with Crippen molar-refractivity contribution in [3.05, 3.63) is 71.9 Å². The Hall–Kier alpha value is -3.72.